The molecule has 1 aliphatic rings. The molecule has 1 heteroatoms. The number of hydrogen-bond acceptors (Lipinski definition) is 1. The van der Waals surface area contributed by atoms with E-state index in [-0.39, 0.29) is 0 Å². The highest BCUT2D eigenvalue weighted by atomic mass is 15.2. The van der Waals surface area contributed by atoms with Gasteiger partial charge >= 0.3 is 0 Å². The maximum atomic E-state index is 5.31. The van der Waals surface area contributed by atoms with Crippen molar-refractivity contribution in [2.24, 2.45) is 5.92 Å². The van der Waals surface area contributed by atoms with E-state index in [4.69, 9.17) is 6.42 Å². The lowest BCUT2D eigenvalue weighted by Gasteiger charge is -2.23. The zero-order valence-electron chi connectivity index (χ0n) is 8.21. The molecule has 1 atom stereocenters. The van der Waals surface area contributed by atoms with Gasteiger partial charge in [0.25, 0.3) is 0 Å². The van der Waals surface area contributed by atoms with Crippen LogP contribution >= 0.6 is 0 Å². The summed E-state index contributed by atoms with van der Waals surface area (Å²) < 4.78 is 0. The Morgan fingerprint density at radius 1 is 1.58 bits per heavy atom. The highest BCUT2D eigenvalue weighted by molar-refractivity contribution is 4.92. The number of hydrogen-bond donors (Lipinski definition) is 0. The van der Waals surface area contributed by atoms with Gasteiger partial charge in [-0.05, 0) is 31.7 Å². The molecule has 0 bridgehead atoms. The lowest BCUT2D eigenvalue weighted by Crippen LogP contribution is -2.30. The monoisotopic (exact) mass is 165 g/mol. The number of likely N-dealkylation sites (tertiary alicyclic amines) is 1. The van der Waals surface area contributed by atoms with Gasteiger partial charge in [-0.2, -0.15) is 0 Å². The van der Waals surface area contributed by atoms with E-state index in [9.17, 15) is 0 Å². The topological polar surface area (TPSA) is 3.24 Å². The van der Waals surface area contributed by atoms with Crippen LogP contribution < -0.4 is 0 Å². The molecule has 1 saturated heterocycles. The summed E-state index contributed by atoms with van der Waals surface area (Å²) in [7, 11) is 0. The summed E-state index contributed by atoms with van der Waals surface area (Å²) >= 11 is 0. The maximum absolute atomic E-state index is 5.31. The van der Waals surface area contributed by atoms with Crippen LogP contribution in [-0.2, 0) is 0 Å². The third-order valence-corrected chi connectivity index (χ3v) is 2.54. The second-order valence-electron chi connectivity index (χ2n) is 4.10. The van der Waals surface area contributed by atoms with Crippen molar-refractivity contribution < 1.29 is 0 Å². The van der Waals surface area contributed by atoms with Gasteiger partial charge in [-0.1, -0.05) is 19.8 Å². The smallest absolute Gasteiger partial charge is 0.0601 e. The van der Waals surface area contributed by atoms with Gasteiger partial charge in [0.1, 0.15) is 0 Å². The molecule has 1 fully saturated rings. The fourth-order valence-corrected chi connectivity index (χ4v) is 2.03. The normalized spacial score (nSPS) is 24.7. The lowest BCUT2D eigenvalue weighted by molar-refractivity contribution is 0.251. The Kier molecular flexibility index (Phi) is 3.62. The minimum atomic E-state index is 0.765. The lowest BCUT2D eigenvalue weighted by atomic mass is 10.0. The van der Waals surface area contributed by atoms with E-state index in [1.165, 1.54) is 25.8 Å². The quantitative estimate of drug-likeness (QED) is 0.579. The molecule has 0 aromatic rings. The van der Waals surface area contributed by atoms with E-state index in [0.29, 0.717) is 0 Å². The van der Waals surface area contributed by atoms with Crippen LogP contribution in [0.3, 0.4) is 0 Å². The van der Waals surface area contributed by atoms with E-state index in [2.05, 4.69) is 24.7 Å². The van der Waals surface area contributed by atoms with Crippen molar-refractivity contribution in [2.75, 3.05) is 13.1 Å². The second kappa shape index (κ2) is 4.52. The summed E-state index contributed by atoms with van der Waals surface area (Å²) in [6.07, 6.45) is 9.30. The van der Waals surface area contributed by atoms with Gasteiger partial charge in [0.15, 0.2) is 0 Å². The van der Waals surface area contributed by atoms with E-state index in [0.717, 1.165) is 18.5 Å². The summed E-state index contributed by atoms with van der Waals surface area (Å²) in [6.45, 7) is 6.62. The van der Waals surface area contributed by atoms with Gasteiger partial charge in [0, 0.05) is 6.04 Å². The largest absolute Gasteiger partial charge is 0.289 e. The molecular formula is C11H19N. The van der Waals surface area contributed by atoms with Gasteiger partial charge in [-0.3, -0.25) is 4.90 Å². The summed E-state index contributed by atoms with van der Waals surface area (Å²) in [6, 6.07) is 0.765. The number of rotatable bonds is 3. The predicted molar refractivity (Wildman–Crippen MR) is 52.9 cm³/mol. The molecule has 1 unspecified atom stereocenters. The molecule has 0 amide bonds. The standard InChI is InChI=1S/C11H19N/c1-4-7-12-8-5-6-11(12)9-10(2)3/h1,10-11H,5-9H2,2-3H3. The fraction of sp³-hybridized carbons (Fsp3) is 0.818. The van der Waals surface area contributed by atoms with Gasteiger partial charge in [0.05, 0.1) is 6.54 Å². The molecule has 0 aromatic heterocycles. The SMILES string of the molecule is C#CCN1CCCC1CC(C)C. The van der Waals surface area contributed by atoms with Crippen LogP contribution in [0, 0.1) is 18.3 Å². The molecule has 0 radical (unpaired) electrons. The zero-order valence-corrected chi connectivity index (χ0v) is 8.21. The number of nitrogens with zero attached hydrogens (tertiary/aromatic N) is 1. The van der Waals surface area contributed by atoms with Crippen molar-refractivity contribution in [3.8, 4) is 12.3 Å². The molecule has 1 nitrogen and oxygen atoms in total. The minimum absolute atomic E-state index is 0.765. The van der Waals surface area contributed by atoms with Crippen molar-refractivity contribution in [3.63, 3.8) is 0 Å². The third kappa shape index (κ3) is 2.53. The van der Waals surface area contributed by atoms with Crippen molar-refractivity contribution in [3.05, 3.63) is 0 Å². The van der Waals surface area contributed by atoms with Crippen LogP contribution in [-0.4, -0.2) is 24.0 Å². The molecule has 0 saturated carbocycles. The summed E-state index contributed by atoms with van der Waals surface area (Å²) in [4.78, 5) is 2.44. The average Bonchev–Trinajstić information content (AvgIpc) is 2.37. The first-order valence-electron chi connectivity index (χ1n) is 4.91. The molecule has 1 rings (SSSR count). The molecule has 68 valence electrons. The Hall–Kier alpha value is -0.480. The fourth-order valence-electron chi connectivity index (χ4n) is 2.03. The van der Waals surface area contributed by atoms with Crippen LogP contribution in [0.1, 0.15) is 33.1 Å². The highest BCUT2D eigenvalue weighted by Gasteiger charge is 2.23. The van der Waals surface area contributed by atoms with Crippen LogP contribution in [0.5, 0.6) is 0 Å². The van der Waals surface area contributed by atoms with E-state index in [1.807, 2.05) is 0 Å². The predicted octanol–water partition coefficient (Wildman–Crippen LogP) is 2.13. The number of terminal acetylenes is 1. The van der Waals surface area contributed by atoms with Crippen molar-refractivity contribution in [1.82, 2.24) is 4.90 Å². The van der Waals surface area contributed by atoms with Gasteiger partial charge in [0.2, 0.25) is 0 Å². The maximum Gasteiger partial charge on any atom is 0.0601 e. The Bertz CT molecular complexity index is 166. The zero-order chi connectivity index (χ0) is 8.97. The molecule has 12 heavy (non-hydrogen) atoms. The van der Waals surface area contributed by atoms with Crippen molar-refractivity contribution in [2.45, 2.75) is 39.2 Å². The second-order valence-corrected chi connectivity index (χ2v) is 4.10. The van der Waals surface area contributed by atoms with Gasteiger partial charge < -0.3 is 0 Å². The third-order valence-electron chi connectivity index (χ3n) is 2.54. The highest BCUT2D eigenvalue weighted by Crippen LogP contribution is 2.22. The van der Waals surface area contributed by atoms with Gasteiger partial charge in [-0.25, -0.2) is 0 Å². The van der Waals surface area contributed by atoms with Crippen LogP contribution in [0.2, 0.25) is 0 Å². The Labute approximate surface area is 76.1 Å². The molecular weight excluding hydrogens is 146 g/mol. The average molecular weight is 165 g/mol. The first-order valence-corrected chi connectivity index (χ1v) is 4.91. The first kappa shape index (κ1) is 9.61. The molecule has 1 heterocycles. The molecule has 0 spiro atoms. The minimum Gasteiger partial charge on any atom is -0.289 e. The van der Waals surface area contributed by atoms with Crippen molar-refractivity contribution >= 4 is 0 Å². The van der Waals surface area contributed by atoms with Gasteiger partial charge in [-0.15, -0.1) is 6.42 Å². The Balaban J connectivity index is 2.36. The van der Waals surface area contributed by atoms with Crippen LogP contribution in [0.25, 0.3) is 0 Å². The van der Waals surface area contributed by atoms with E-state index < -0.39 is 0 Å². The van der Waals surface area contributed by atoms with Crippen molar-refractivity contribution in [1.29, 1.82) is 0 Å². The molecule has 0 aromatic carbocycles. The molecule has 0 aliphatic carbocycles. The Morgan fingerprint density at radius 2 is 2.33 bits per heavy atom. The van der Waals surface area contributed by atoms with Crippen LogP contribution in [0.4, 0.5) is 0 Å². The molecule has 0 N–H and O–H groups in total. The Morgan fingerprint density at radius 3 is 2.92 bits per heavy atom. The molecule has 1 aliphatic heterocycles. The summed E-state index contributed by atoms with van der Waals surface area (Å²) in [5.41, 5.74) is 0. The summed E-state index contributed by atoms with van der Waals surface area (Å²) in [5.74, 6) is 3.54. The van der Waals surface area contributed by atoms with E-state index >= 15 is 0 Å². The first-order chi connectivity index (χ1) is 5.74. The van der Waals surface area contributed by atoms with E-state index in [1.54, 1.807) is 0 Å². The summed E-state index contributed by atoms with van der Waals surface area (Å²) in [5, 5.41) is 0. The van der Waals surface area contributed by atoms with Crippen LogP contribution in [0.15, 0.2) is 0 Å².